The molecule has 0 bridgehead atoms. The number of nitrogens with one attached hydrogen (secondary N) is 1. The Labute approximate surface area is 188 Å². The van der Waals surface area contributed by atoms with Gasteiger partial charge >= 0.3 is 0 Å². The first-order valence-corrected chi connectivity index (χ1v) is 11.0. The number of aryl methyl sites for hydroxylation is 2. The van der Waals surface area contributed by atoms with Crippen molar-refractivity contribution in [3.63, 3.8) is 0 Å². The molecule has 0 aliphatic heterocycles. The topological polar surface area (TPSA) is 81.9 Å². The van der Waals surface area contributed by atoms with Crippen LogP contribution in [0.4, 0.5) is 5.82 Å². The number of hydrogen-bond acceptors (Lipinski definition) is 6. The van der Waals surface area contributed by atoms with Crippen LogP contribution in [0, 0.1) is 13.8 Å². The molecule has 0 aliphatic carbocycles. The molecule has 2 heterocycles. The first-order chi connectivity index (χ1) is 14.4. The summed E-state index contributed by atoms with van der Waals surface area (Å²) in [6, 6.07) is 9.61. The van der Waals surface area contributed by atoms with Crippen molar-refractivity contribution >= 4 is 39.4 Å². The predicted octanol–water partition coefficient (Wildman–Crippen LogP) is 4.55. The molecule has 0 unspecified atom stereocenters. The minimum atomic E-state index is -0.170. The lowest BCUT2D eigenvalue weighted by molar-refractivity contribution is -0.113. The van der Waals surface area contributed by atoms with Crippen molar-refractivity contribution in [2.24, 2.45) is 0 Å². The van der Waals surface area contributed by atoms with Gasteiger partial charge in [-0.05, 0) is 65.2 Å². The van der Waals surface area contributed by atoms with Crippen LogP contribution in [0.1, 0.15) is 17.0 Å². The third-order valence-corrected chi connectivity index (χ3v) is 5.43. The lowest BCUT2D eigenvalue weighted by Crippen LogP contribution is -2.15. The molecule has 0 radical (unpaired) electrons. The van der Waals surface area contributed by atoms with Gasteiger partial charge in [0.1, 0.15) is 18.2 Å². The number of ether oxygens (including phenoxy) is 1. The first kappa shape index (κ1) is 22.0. The Morgan fingerprint density at radius 1 is 1.27 bits per heavy atom. The molecule has 0 spiro atoms. The van der Waals surface area contributed by atoms with Crippen molar-refractivity contribution < 1.29 is 9.53 Å². The maximum absolute atomic E-state index is 12.2. The second-order valence-electron chi connectivity index (χ2n) is 6.61. The Morgan fingerprint density at radius 2 is 2.03 bits per heavy atom. The number of anilines is 1. The van der Waals surface area contributed by atoms with Gasteiger partial charge in [0, 0.05) is 17.2 Å². The van der Waals surface area contributed by atoms with E-state index in [0.29, 0.717) is 23.3 Å². The molecule has 1 aromatic carbocycles. The summed E-state index contributed by atoms with van der Waals surface area (Å²) in [7, 11) is 0. The summed E-state index contributed by atoms with van der Waals surface area (Å²) in [6.07, 6.45) is 3.39. The Balaban J connectivity index is 1.62. The summed E-state index contributed by atoms with van der Waals surface area (Å²) in [6.45, 7) is 8.66. The Morgan fingerprint density at radius 3 is 2.70 bits per heavy atom. The zero-order chi connectivity index (χ0) is 21.5. The number of hydrogen-bond donors (Lipinski definition) is 1. The number of amides is 1. The molecule has 0 atom stereocenters. The molecule has 0 saturated heterocycles. The summed E-state index contributed by atoms with van der Waals surface area (Å²) in [5.41, 5.74) is 2.28. The lowest BCUT2D eigenvalue weighted by Gasteiger charge is -2.10. The van der Waals surface area contributed by atoms with Gasteiger partial charge in [-0.2, -0.15) is 0 Å². The minimum absolute atomic E-state index is 0.170. The number of halogens is 1. The molecule has 1 N–H and O–H groups in total. The Hall–Kier alpha value is -2.65. The maximum atomic E-state index is 12.2. The van der Waals surface area contributed by atoms with E-state index in [1.54, 1.807) is 18.3 Å². The molecule has 9 heteroatoms. The minimum Gasteiger partial charge on any atom is -0.486 e. The van der Waals surface area contributed by atoms with Crippen molar-refractivity contribution in [1.82, 2.24) is 19.7 Å². The smallest absolute Gasteiger partial charge is 0.236 e. The molecule has 3 aromatic rings. The van der Waals surface area contributed by atoms with Crippen molar-refractivity contribution in [3.05, 3.63) is 70.6 Å². The zero-order valence-corrected chi connectivity index (χ0v) is 19.2. The van der Waals surface area contributed by atoms with Gasteiger partial charge in [-0.15, -0.1) is 16.8 Å². The lowest BCUT2D eigenvalue weighted by atomic mass is 10.1. The van der Waals surface area contributed by atoms with E-state index in [1.165, 1.54) is 11.8 Å². The Bertz CT molecular complexity index is 1020. The van der Waals surface area contributed by atoms with Crippen LogP contribution in [0.3, 0.4) is 0 Å². The summed E-state index contributed by atoms with van der Waals surface area (Å²) in [5, 5.41) is 11.8. The van der Waals surface area contributed by atoms with Gasteiger partial charge < -0.3 is 10.1 Å². The molecule has 0 fully saturated rings. The summed E-state index contributed by atoms with van der Waals surface area (Å²) < 4.78 is 8.65. The Kier molecular flexibility index (Phi) is 7.64. The number of aromatic nitrogens is 4. The van der Waals surface area contributed by atoms with Gasteiger partial charge in [0.25, 0.3) is 0 Å². The second kappa shape index (κ2) is 10.4. The number of carbonyl (C=O) groups is 1. The molecule has 2 aromatic heterocycles. The fourth-order valence-corrected chi connectivity index (χ4v) is 3.77. The molecule has 0 aliphatic rings. The quantitative estimate of drug-likeness (QED) is 0.352. The number of allylic oxidation sites excluding steroid dienone is 1. The third kappa shape index (κ3) is 6.17. The first-order valence-electron chi connectivity index (χ1n) is 9.23. The normalized spacial score (nSPS) is 10.6. The van der Waals surface area contributed by atoms with E-state index in [2.05, 4.69) is 49.1 Å². The fraction of sp³-hybridized carbons (Fsp3) is 0.238. The highest BCUT2D eigenvalue weighted by atomic mass is 79.9. The molecule has 7 nitrogen and oxygen atoms in total. The van der Waals surface area contributed by atoms with E-state index in [-0.39, 0.29) is 18.3 Å². The van der Waals surface area contributed by atoms with E-state index in [0.717, 1.165) is 21.3 Å². The number of benzene rings is 1. The number of pyridine rings is 1. The average molecular weight is 488 g/mol. The van der Waals surface area contributed by atoms with E-state index in [4.69, 9.17) is 4.74 Å². The van der Waals surface area contributed by atoms with Gasteiger partial charge in [-0.3, -0.25) is 9.36 Å². The number of nitrogens with zero attached hydrogens (tertiary/aromatic N) is 4. The van der Waals surface area contributed by atoms with Crippen LogP contribution in [-0.4, -0.2) is 31.4 Å². The van der Waals surface area contributed by atoms with E-state index >= 15 is 0 Å². The fourth-order valence-electron chi connectivity index (χ4n) is 2.77. The molecular weight excluding hydrogens is 466 g/mol. The highest BCUT2D eigenvalue weighted by molar-refractivity contribution is 9.10. The number of rotatable bonds is 9. The standard InChI is InChI=1S/C21H22BrN5O2S/c1-4-7-27-19(12-29-17-9-14(2)8-15(3)10-17)25-26-21(27)30-13-20(28)24-18-6-5-16(22)11-23-18/h4-6,8-11H,1,7,12-13H2,2-3H3,(H,23,24,28). The van der Waals surface area contributed by atoms with Gasteiger partial charge in [-0.25, -0.2) is 4.98 Å². The number of carbonyl (C=O) groups excluding carboxylic acids is 1. The van der Waals surface area contributed by atoms with Crippen LogP contribution in [0.5, 0.6) is 5.75 Å². The molecule has 3 rings (SSSR count). The zero-order valence-electron chi connectivity index (χ0n) is 16.8. The van der Waals surface area contributed by atoms with Crippen LogP contribution in [0.15, 0.2) is 58.8 Å². The predicted molar refractivity (Wildman–Crippen MR) is 122 cm³/mol. The summed E-state index contributed by atoms with van der Waals surface area (Å²) in [5.74, 6) is 1.97. The SMILES string of the molecule is C=CCn1c(COc2cc(C)cc(C)c2)nnc1SCC(=O)Nc1ccc(Br)cn1. The van der Waals surface area contributed by atoms with Crippen LogP contribution >= 0.6 is 27.7 Å². The molecule has 1 amide bonds. The van der Waals surface area contributed by atoms with Crippen LogP contribution in [0.25, 0.3) is 0 Å². The van der Waals surface area contributed by atoms with Gasteiger partial charge in [0.05, 0.1) is 5.75 Å². The van der Waals surface area contributed by atoms with Crippen molar-refractivity contribution in [3.8, 4) is 5.75 Å². The van der Waals surface area contributed by atoms with E-state index < -0.39 is 0 Å². The maximum Gasteiger partial charge on any atom is 0.236 e. The van der Waals surface area contributed by atoms with Crippen LogP contribution < -0.4 is 10.1 Å². The largest absolute Gasteiger partial charge is 0.486 e. The van der Waals surface area contributed by atoms with Gasteiger partial charge in [0.15, 0.2) is 11.0 Å². The highest BCUT2D eigenvalue weighted by Gasteiger charge is 2.14. The number of thioether (sulfide) groups is 1. The van der Waals surface area contributed by atoms with E-state index in [9.17, 15) is 4.79 Å². The van der Waals surface area contributed by atoms with Crippen molar-refractivity contribution in [1.29, 1.82) is 0 Å². The summed E-state index contributed by atoms with van der Waals surface area (Å²) >= 11 is 4.62. The molecule has 0 saturated carbocycles. The summed E-state index contributed by atoms with van der Waals surface area (Å²) in [4.78, 5) is 16.4. The monoisotopic (exact) mass is 487 g/mol. The third-order valence-electron chi connectivity index (χ3n) is 4.00. The van der Waals surface area contributed by atoms with Crippen molar-refractivity contribution in [2.75, 3.05) is 11.1 Å². The van der Waals surface area contributed by atoms with Crippen LogP contribution in [0.2, 0.25) is 0 Å². The van der Waals surface area contributed by atoms with Crippen LogP contribution in [-0.2, 0) is 17.9 Å². The second-order valence-corrected chi connectivity index (χ2v) is 8.47. The molecular formula is C21H22BrN5O2S. The molecule has 156 valence electrons. The van der Waals surface area contributed by atoms with E-state index in [1.807, 2.05) is 36.6 Å². The highest BCUT2D eigenvalue weighted by Crippen LogP contribution is 2.21. The molecule has 30 heavy (non-hydrogen) atoms. The van der Waals surface area contributed by atoms with Crippen molar-refractivity contribution in [2.45, 2.75) is 32.2 Å². The van der Waals surface area contributed by atoms with Gasteiger partial charge in [-0.1, -0.05) is 23.9 Å². The van der Waals surface area contributed by atoms with Gasteiger partial charge in [0.2, 0.25) is 5.91 Å². The average Bonchev–Trinajstić information content (AvgIpc) is 3.08.